The number of thiophene rings is 1. The molecule has 610 valence electrons. The fraction of sp³-hybridized carbons (Fsp3) is 0. The van der Waals surface area contributed by atoms with Crippen molar-refractivity contribution in [2.45, 2.75) is 0 Å². The number of benzene rings is 20. The van der Waals surface area contributed by atoms with Crippen LogP contribution in [0.1, 0.15) is 0 Å². The minimum absolute atomic E-state index is 0.572. The molecular weight excluding hydrogens is 1620 g/mol. The highest BCUT2D eigenvalue weighted by Crippen LogP contribution is 2.49. The summed E-state index contributed by atoms with van der Waals surface area (Å²) in [5.41, 5.74) is 24.1. The summed E-state index contributed by atoms with van der Waals surface area (Å²) in [5, 5.41) is 18.3. The SMILES string of the molecule is c1ccc(-c2cccc(-c3ccc4c(c3)c3c5ccccc5ccc3n4-c3ccc(-c4nc(-c5ccccc5)nc(-c5cccc(-c6ccccc6)c5)n4)c4c3oc3ccccc34)c2)cc1.c1ccc(-c2nc(-c3ccc4c(c3)sc3ccccc34)nc(-c3ccc(-n4c5cc(-c6cccc7ccccc67)ccc5c5ccc6ccccc6c54)c4oc5ccccc5c34)n2)cc1. The van der Waals surface area contributed by atoms with Crippen LogP contribution in [0, 0.1) is 0 Å². The smallest absolute Gasteiger partial charge is 0.164 e. The second-order valence-electron chi connectivity index (χ2n) is 33.4. The monoisotopic (exact) mass is 1690 g/mol. The van der Waals surface area contributed by atoms with Crippen LogP contribution in [-0.4, -0.2) is 39.0 Å². The van der Waals surface area contributed by atoms with Crippen LogP contribution in [0.3, 0.4) is 0 Å². The van der Waals surface area contributed by atoms with E-state index in [4.69, 9.17) is 38.7 Å². The first-order valence-electron chi connectivity index (χ1n) is 44.1. The third kappa shape index (κ3) is 12.7. The molecule has 0 aliphatic rings. The Bertz CT molecular complexity index is 9310. The van der Waals surface area contributed by atoms with Gasteiger partial charge in [0.05, 0.1) is 33.4 Å². The highest BCUT2D eigenvalue weighted by atomic mass is 32.1. The molecule has 7 aromatic heterocycles. The zero-order valence-corrected chi connectivity index (χ0v) is 71.2. The lowest BCUT2D eigenvalue weighted by Crippen LogP contribution is -2.01. The Hall–Kier alpha value is -17.4. The normalized spacial score (nSPS) is 11.8. The van der Waals surface area contributed by atoms with Crippen molar-refractivity contribution >= 4 is 151 Å². The van der Waals surface area contributed by atoms with Crippen molar-refractivity contribution in [2.75, 3.05) is 0 Å². The summed E-state index contributed by atoms with van der Waals surface area (Å²) < 4.78 is 21.3. The van der Waals surface area contributed by atoms with Crippen LogP contribution in [0.5, 0.6) is 0 Å². The molecule has 0 aliphatic carbocycles. The maximum absolute atomic E-state index is 7.07. The predicted molar refractivity (Wildman–Crippen MR) is 543 cm³/mol. The number of aromatic nitrogens is 8. The third-order valence-electron chi connectivity index (χ3n) is 25.9. The summed E-state index contributed by atoms with van der Waals surface area (Å²) in [4.78, 5) is 31.4. The van der Waals surface area contributed by atoms with E-state index in [1.165, 1.54) is 96.3 Å². The molecule has 0 spiro atoms. The van der Waals surface area contributed by atoms with Crippen molar-refractivity contribution < 1.29 is 8.83 Å². The van der Waals surface area contributed by atoms with Gasteiger partial charge in [0.2, 0.25) is 0 Å². The summed E-state index contributed by atoms with van der Waals surface area (Å²) in [6.07, 6.45) is 0. The van der Waals surface area contributed by atoms with Gasteiger partial charge in [-0.25, -0.2) is 29.9 Å². The molecule has 10 nitrogen and oxygen atoms in total. The van der Waals surface area contributed by atoms with E-state index in [0.29, 0.717) is 34.9 Å². The van der Waals surface area contributed by atoms with Gasteiger partial charge in [0.1, 0.15) is 11.2 Å². The molecule has 0 bridgehead atoms. The lowest BCUT2D eigenvalue weighted by atomic mass is 9.97. The molecule has 0 amide bonds. The van der Waals surface area contributed by atoms with Gasteiger partial charge < -0.3 is 18.0 Å². The number of fused-ring (bicyclic) bond motifs is 20. The highest BCUT2D eigenvalue weighted by Gasteiger charge is 2.28. The first-order chi connectivity index (χ1) is 64.9. The van der Waals surface area contributed by atoms with Gasteiger partial charge in [-0.2, -0.15) is 0 Å². The van der Waals surface area contributed by atoms with Gasteiger partial charge in [-0.15, -0.1) is 11.3 Å². The molecule has 0 radical (unpaired) electrons. The van der Waals surface area contributed by atoms with Crippen molar-refractivity contribution in [1.82, 2.24) is 39.0 Å². The van der Waals surface area contributed by atoms with E-state index in [2.05, 4.69) is 373 Å². The van der Waals surface area contributed by atoms with Crippen molar-refractivity contribution in [2.24, 2.45) is 0 Å². The Morgan fingerprint density at radius 2 is 0.595 bits per heavy atom. The number of nitrogens with zero attached hydrogens (tertiary/aromatic N) is 8. The largest absolute Gasteiger partial charge is 0.454 e. The Morgan fingerprint density at radius 1 is 0.191 bits per heavy atom. The standard InChI is InChI=1S/C61H38N4O.C59H34N4OS/c1-4-16-39(17-5-1)43-23-14-25-45(36-43)46-31-33-52-51(38-46)56-48-27-11-10-20-41(48)30-34-53(56)65(52)54-35-32-50(57-49-28-12-13-29-55(49)66-58(54)57)61-63-59(42-21-8-3-9-22-42)62-60(64-61)47-26-15-24-44(37-47)40-18-6-2-7-19-40;1-2-15-37(16-3-1)57-60-58(39-27-29-45-44-20-9-11-24-52(44)65-53(45)34-39)62-59(61-57)48-31-32-49(56-54(48)47-21-8-10-23-51(47)64-56)63-50-33-38(41-22-12-17-35-13-4-6-18-40(35)41)26-28-43(50)46-30-25-36-14-5-7-19-42(36)55(46)63/h1-38H;1-34H. The summed E-state index contributed by atoms with van der Waals surface area (Å²) in [6.45, 7) is 0. The minimum atomic E-state index is 0.572. The Morgan fingerprint density at radius 3 is 1.22 bits per heavy atom. The van der Waals surface area contributed by atoms with Gasteiger partial charge in [0, 0.05) is 102 Å². The first kappa shape index (κ1) is 75.0. The Labute approximate surface area is 754 Å². The van der Waals surface area contributed by atoms with Gasteiger partial charge in [0.15, 0.2) is 46.1 Å². The maximum atomic E-state index is 7.07. The number of hydrogen-bond donors (Lipinski definition) is 0. The maximum Gasteiger partial charge on any atom is 0.164 e. The van der Waals surface area contributed by atoms with Crippen LogP contribution in [-0.2, 0) is 0 Å². The van der Waals surface area contributed by atoms with Crippen LogP contribution in [0.4, 0.5) is 0 Å². The number of para-hydroxylation sites is 2. The fourth-order valence-corrected chi connectivity index (χ4v) is 20.9. The molecule has 7 heterocycles. The molecule has 0 unspecified atom stereocenters. The minimum Gasteiger partial charge on any atom is -0.454 e. The summed E-state index contributed by atoms with van der Waals surface area (Å²) >= 11 is 1.79. The van der Waals surface area contributed by atoms with Crippen molar-refractivity contribution in [3.63, 3.8) is 0 Å². The molecule has 0 fully saturated rings. The van der Waals surface area contributed by atoms with Gasteiger partial charge in [0.25, 0.3) is 0 Å². The molecule has 0 saturated carbocycles. The second kappa shape index (κ2) is 30.7. The molecule has 0 N–H and O–H groups in total. The second-order valence-corrected chi connectivity index (χ2v) is 34.5. The van der Waals surface area contributed by atoms with Crippen molar-refractivity contribution in [3.05, 3.63) is 437 Å². The van der Waals surface area contributed by atoms with E-state index in [1.54, 1.807) is 11.3 Å². The zero-order chi connectivity index (χ0) is 86.1. The van der Waals surface area contributed by atoms with Crippen molar-refractivity contribution in [1.29, 1.82) is 0 Å². The zero-order valence-electron chi connectivity index (χ0n) is 70.4. The quantitative estimate of drug-likeness (QED) is 0.119. The Kier molecular flexibility index (Phi) is 17.6. The van der Waals surface area contributed by atoms with E-state index >= 15 is 0 Å². The molecule has 27 rings (SSSR count). The predicted octanol–water partition coefficient (Wildman–Crippen LogP) is 32.2. The van der Waals surface area contributed by atoms with Crippen LogP contribution in [0.2, 0.25) is 0 Å². The van der Waals surface area contributed by atoms with Gasteiger partial charge in [-0.3, -0.25) is 0 Å². The number of furan rings is 2. The van der Waals surface area contributed by atoms with E-state index in [0.717, 1.165) is 133 Å². The van der Waals surface area contributed by atoms with Crippen LogP contribution in [0.15, 0.2) is 446 Å². The van der Waals surface area contributed by atoms with Gasteiger partial charge in [-0.05, 0) is 156 Å². The molecule has 11 heteroatoms. The van der Waals surface area contributed by atoms with E-state index in [-0.39, 0.29) is 0 Å². The van der Waals surface area contributed by atoms with Gasteiger partial charge in [-0.1, -0.05) is 352 Å². The van der Waals surface area contributed by atoms with Crippen molar-refractivity contribution in [3.8, 4) is 124 Å². The average molecular weight is 1690 g/mol. The van der Waals surface area contributed by atoms with E-state index in [1.807, 2.05) is 72.8 Å². The summed E-state index contributed by atoms with van der Waals surface area (Å²) in [5.74, 6) is 3.59. The van der Waals surface area contributed by atoms with Gasteiger partial charge >= 0.3 is 0 Å². The molecule has 0 atom stereocenters. The highest BCUT2D eigenvalue weighted by molar-refractivity contribution is 7.25. The van der Waals surface area contributed by atoms with E-state index in [9.17, 15) is 0 Å². The Balaban J connectivity index is 0.000000138. The number of hydrogen-bond acceptors (Lipinski definition) is 9. The topological polar surface area (TPSA) is 113 Å². The number of rotatable bonds is 12. The molecule has 27 aromatic rings. The molecule has 131 heavy (non-hydrogen) atoms. The summed E-state index contributed by atoms with van der Waals surface area (Å²) in [7, 11) is 0. The third-order valence-corrected chi connectivity index (χ3v) is 27.0. The van der Waals surface area contributed by atoms with E-state index < -0.39 is 0 Å². The first-order valence-corrected chi connectivity index (χ1v) is 44.9. The fourth-order valence-electron chi connectivity index (χ4n) is 19.8. The molecule has 0 aliphatic heterocycles. The molecule has 20 aromatic carbocycles. The average Bonchev–Trinajstić information content (AvgIpc) is 1.55. The lowest BCUT2D eigenvalue weighted by Gasteiger charge is -2.14. The van der Waals surface area contributed by atoms with Crippen LogP contribution >= 0.6 is 11.3 Å². The van der Waals surface area contributed by atoms with Crippen LogP contribution < -0.4 is 0 Å². The summed E-state index contributed by atoms with van der Waals surface area (Å²) in [6, 6.07) is 154. The lowest BCUT2D eigenvalue weighted by molar-refractivity contribution is 0.666. The molecule has 0 saturated heterocycles. The van der Waals surface area contributed by atoms with Crippen LogP contribution in [0.25, 0.3) is 264 Å². The molecular formula is C120H72N8O2S.